The molecule has 0 saturated carbocycles. The Morgan fingerprint density at radius 2 is 2.00 bits per heavy atom. The van der Waals surface area contributed by atoms with Gasteiger partial charge in [0.1, 0.15) is 0 Å². The predicted molar refractivity (Wildman–Crippen MR) is 111 cm³/mol. The standard InChI is InChI=1S/C21H16ClN3OS/c1-14-4-2-6-17(10-14)25-20(26)18-8-7-16(22)11-19(18)24-21(25)27-13-15-5-3-9-23-12-15/h2-12H,13H2,1H3. The smallest absolute Gasteiger partial charge is 0.266 e. The van der Waals surface area contributed by atoms with Gasteiger partial charge in [-0.15, -0.1) is 0 Å². The summed E-state index contributed by atoms with van der Waals surface area (Å²) < 4.78 is 1.67. The summed E-state index contributed by atoms with van der Waals surface area (Å²) in [5.74, 6) is 0.665. The molecule has 0 unspecified atom stereocenters. The Balaban J connectivity index is 1.88. The van der Waals surface area contributed by atoms with Gasteiger partial charge in [-0.1, -0.05) is 41.6 Å². The third-order valence-corrected chi connectivity index (χ3v) is 5.40. The first-order valence-electron chi connectivity index (χ1n) is 8.43. The number of thioether (sulfide) groups is 1. The summed E-state index contributed by atoms with van der Waals surface area (Å²) in [4.78, 5) is 22.1. The number of rotatable bonds is 4. The van der Waals surface area contributed by atoms with E-state index in [1.165, 1.54) is 11.8 Å². The van der Waals surface area contributed by atoms with Crippen LogP contribution < -0.4 is 5.56 Å². The first-order chi connectivity index (χ1) is 13.1. The third-order valence-electron chi connectivity index (χ3n) is 4.15. The highest BCUT2D eigenvalue weighted by molar-refractivity contribution is 7.98. The monoisotopic (exact) mass is 393 g/mol. The minimum Gasteiger partial charge on any atom is -0.268 e. The van der Waals surface area contributed by atoms with Gasteiger partial charge in [0.15, 0.2) is 5.16 Å². The fourth-order valence-electron chi connectivity index (χ4n) is 2.86. The van der Waals surface area contributed by atoms with E-state index in [0.29, 0.717) is 26.8 Å². The zero-order valence-electron chi connectivity index (χ0n) is 14.6. The first-order valence-corrected chi connectivity index (χ1v) is 9.79. The van der Waals surface area contributed by atoms with Crippen LogP contribution in [0.4, 0.5) is 0 Å². The number of hydrogen-bond acceptors (Lipinski definition) is 4. The lowest BCUT2D eigenvalue weighted by Crippen LogP contribution is -2.21. The molecule has 2 aromatic carbocycles. The van der Waals surface area contributed by atoms with Crippen molar-refractivity contribution < 1.29 is 0 Å². The van der Waals surface area contributed by atoms with E-state index in [9.17, 15) is 4.79 Å². The van der Waals surface area contributed by atoms with Crippen LogP contribution in [0.5, 0.6) is 0 Å². The highest BCUT2D eigenvalue weighted by Crippen LogP contribution is 2.25. The van der Waals surface area contributed by atoms with E-state index in [2.05, 4.69) is 4.98 Å². The molecule has 134 valence electrons. The molecule has 0 aliphatic heterocycles. The number of halogens is 1. The molecule has 0 amide bonds. The molecule has 4 nitrogen and oxygen atoms in total. The Kier molecular flexibility index (Phi) is 4.97. The van der Waals surface area contributed by atoms with E-state index in [-0.39, 0.29) is 5.56 Å². The average molecular weight is 394 g/mol. The van der Waals surface area contributed by atoms with Crippen molar-refractivity contribution in [1.29, 1.82) is 0 Å². The Labute approximate surface area is 165 Å². The van der Waals surface area contributed by atoms with E-state index < -0.39 is 0 Å². The van der Waals surface area contributed by atoms with Gasteiger partial charge in [0.25, 0.3) is 5.56 Å². The molecule has 27 heavy (non-hydrogen) atoms. The third kappa shape index (κ3) is 3.75. The molecule has 0 fully saturated rings. The van der Waals surface area contributed by atoms with Crippen molar-refractivity contribution in [2.45, 2.75) is 17.8 Å². The minimum atomic E-state index is -0.101. The molecule has 2 heterocycles. The Morgan fingerprint density at radius 1 is 1.11 bits per heavy atom. The fraction of sp³-hybridized carbons (Fsp3) is 0.0952. The molecule has 0 aliphatic rings. The maximum atomic E-state index is 13.2. The van der Waals surface area contributed by atoms with Crippen molar-refractivity contribution in [2.75, 3.05) is 0 Å². The molecule has 2 aromatic heterocycles. The van der Waals surface area contributed by atoms with Crippen LogP contribution in [0.2, 0.25) is 5.02 Å². The van der Waals surface area contributed by atoms with Crippen molar-refractivity contribution >= 4 is 34.3 Å². The van der Waals surface area contributed by atoms with Gasteiger partial charge < -0.3 is 0 Å². The molecule has 0 atom stereocenters. The fourth-order valence-corrected chi connectivity index (χ4v) is 3.97. The number of fused-ring (bicyclic) bond motifs is 1. The van der Waals surface area contributed by atoms with Gasteiger partial charge in [0, 0.05) is 23.2 Å². The number of hydrogen-bond donors (Lipinski definition) is 0. The van der Waals surface area contributed by atoms with Crippen molar-refractivity contribution in [2.24, 2.45) is 0 Å². The lowest BCUT2D eigenvalue weighted by molar-refractivity contribution is 0.818. The van der Waals surface area contributed by atoms with Crippen LogP contribution >= 0.6 is 23.4 Å². The Bertz CT molecular complexity index is 1180. The number of benzene rings is 2. The SMILES string of the molecule is Cc1cccc(-n2c(SCc3cccnc3)nc3cc(Cl)ccc3c2=O)c1. The molecule has 0 radical (unpaired) electrons. The zero-order chi connectivity index (χ0) is 18.8. The maximum Gasteiger partial charge on any atom is 0.266 e. The van der Waals surface area contributed by atoms with E-state index in [1.807, 2.05) is 49.5 Å². The first kappa shape index (κ1) is 17.8. The van der Waals surface area contributed by atoms with Gasteiger partial charge in [0.2, 0.25) is 0 Å². The minimum absolute atomic E-state index is 0.101. The van der Waals surface area contributed by atoms with Gasteiger partial charge in [0.05, 0.1) is 16.6 Å². The summed E-state index contributed by atoms with van der Waals surface area (Å²) in [6.07, 6.45) is 3.56. The number of nitrogens with zero attached hydrogens (tertiary/aromatic N) is 3. The second-order valence-corrected chi connectivity index (χ2v) is 7.56. The summed E-state index contributed by atoms with van der Waals surface area (Å²) in [7, 11) is 0. The van der Waals surface area contributed by atoms with Gasteiger partial charge in [-0.05, 0) is 54.4 Å². The van der Waals surface area contributed by atoms with Crippen LogP contribution in [0.3, 0.4) is 0 Å². The molecule has 0 N–H and O–H groups in total. The van der Waals surface area contributed by atoms with Crippen LogP contribution in [-0.2, 0) is 5.75 Å². The quantitative estimate of drug-likeness (QED) is 0.360. The van der Waals surface area contributed by atoms with Gasteiger partial charge in [-0.2, -0.15) is 0 Å². The van der Waals surface area contributed by atoms with Crippen LogP contribution in [0.15, 0.2) is 76.9 Å². The zero-order valence-corrected chi connectivity index (χ0v) is 16.2. The van der Waals surface area contributed by atoms with Crippen molar-refractivity contribution in [3.63, 3.8) is 0 Å². The molecule has 4 rings (SSSR count). The van der Waals surface area contributed by atoms with Crippen LogP contribution in [-0.4, -0.2) is 14.5 Å². The van der Waals surface area contributed by atoms with E-state index in [1.54, 1.807) is 29.0 Å². The van der Waals surface area contributed by atoms with Crippen LogP contribution in [0.25, 0.3) is 16.6 Å². The molecule has 0 bridgehead atoms. The number of aromatic nitrogens is 3. The molecule has 0 spiro atoms. The molecular weight excluding hydrogens is 378 g/mol. The Morgan fingerprint density at radius 3 is 2.78 bits per heavy atom. The van der Waals surface area contributed by atoms with Gasteiger partial charge in [-0.3, -0.25) is 14.3 Å². The van der Waals surface area contributed by atoms with Crippen molar-refractivity contribution in [3.05, 3.63) is 93.5 Å². The second kappa shape index (κ2) is 7.55. The molecule has 0 saturated heterocycles. The molecule has 4 aromatic rings. The lowest BCUT2D eigenvalue weighted by Gasteiger charge is -2.14. The van der Waals surface area contributed by atoms with Crippen molar-refractivity contribution in [1.82, 2.24) is 14.5 Å². The van der Waals surface area contributed by atoms with E-state index in [4.69, 9.17) is 16.6 Å². The summed E-state index contributed by atoms with van der Waals surface area (Å²) in [5, 5.41) is 1.74. The normalized spacial score (nSPS) is 11.0. The van der Waals surface area contributed by atoms with Gasteiger partial charge in [-0.25, -0.2) is 4.98 Å². The summed E-state index contributed by atoms with van der Waals surface area (Å²) >= 11 is 7.61. The highest BCUT2D eigenvalue weighted by Gasteiger charge is 2.14. The van der Waals surface area contributed by atoms with Gasteiger partial charge >= 0.3 is 0 Å². The summed E-state index contributed by atoms with van der Waals surface area (Å²) in [5.41, 5.74) is 3.46. The molecule has 6 heteroatoms. The number of aryl methyl sites for hydroxylation is 1. The van der Waals surface area contributed by atoms with Crippen LogP contribution in [0, 0.1) is 6.92 Å². The molecular formula is C21H16ClN3OS. The largest absolute Gasteiger partial charge is 0.268 e. The number of pyridine rings is 1. The predicted octanol–water partition coefficient (Wildman–Crippen LogP) is 5.03. The second-order valence-electron chi connectivity index (χ2n) is 6.19. The highest BCUT2D eigenvalue weighted by atomic mass is 35.5. The summed E-state index contributed by atoms with van der Waals surface area (Å²) in [6, 6.07) is 16.9. The maximum absolute atomic E-state index is 13.2. The molecule has 0 aliphatic carbocycles. The average Bonchev–Trinajstić information content (AvgIpc) is 2.67. The lowest BCUT2D eigenvalue weighted by atomic mass is 10.2. The van der Waals surface area contributed by atoms with E-state index >= 15 is 0 Å². The summed E-state index contributed by atoms with van der Waals surface area (Å²) in [6.45, 7) is 2.01. The van der Waals surface area contributed by atoms with Crippen LogP contribution in [0.1, 0.15) is 11.1 Å². The topological polar surface area (TPSA) is 47.8 Å². The van der Waals surface area contributed by atoms with E-state index in [0.717, 1.165) is 16.8 Å². The van der Waals surface area contributed by atoms with Crippen molar-refractivity contribution in [3.8, 4) is 5.69 Å². The Hall–Kier alpha value is -2.63.